The molecule has 0 aliphatic heterocycles. The smallest absolute Gasteiger partial charge is 0.0606 e. The van der Waals surface area contributed by atoms with E-state index in [0.29, 0.717) is 12.1 Å². The molecular formula is C18H30N2O. The van der Waals surface area contributed by atoms with Crippen molar-refractivity contribution in [3.63, 3.8) is 0 Å². The van der Waals surface area contributed by atoms with Crippen molar-refractivity contribution >= 4 is 5.69 Å². The zero-order valence-electron chi connectivity index (χ0n) is 13.5. The molecule has 0 radical (unpaired) electrons. The van der Waals surface area contributed by atoms with Crippen LogP contribution >= 0.6 is 0 Å². The van der Waals surface area contributed by atoms with Crippen molar-refractivity contribution in [2.45, 2.75) is 57.5 Å². The minimum absolute atomic E-state index is 0.223. The molecule has 0 heterocycles. The second kappa shape index (κ2) is 8.40. The summed E-state index contributed by atoms with van der Waals surface area (Å²) in [5.74, 6) is 0. The van der Waals surface area contributed by atoms with Crippen molar-refractivity contribution in [3.8, 4) is 0 Å². The van der Waals surface area contributed by atoms with E-state index >= 15 is 0 Å². The molecule has 1 aliphatic rings. The molecule has 118 valence electrons. The monoisotopic (exact) mass is 290 g/mol. The van der Waals surface area contributed by atoms with Crippen LogP contribution in [0.1, 0.15) is 57.1 Å². The van der Waals surface area contributed by atoms with Crippen LogP contribution in [-0.2, 0) is 0 Å². The van der Waals surface area contributed by atoms with Gasteiger partial charge in [0.25, 0.3) is 0 Å². The molecule has 0 bridgehead atoms. The Labute approximate surface area is 129 Å². The second-order valence-corrected chi connectivity index (χ2v) is 6.02. The highest BCUT2D eigenvalue weighted by atomic mass is 16.3. The lowest BCUT2D eigenvalue weighted by atomic mass is 9.92. The number of benzene rings is 1. The lowest BCUT2D eigenvalue weighted by Crippen LogP contribution is -2.40. The number of hydrogen-bond donors (Lipinski definition) is 2. The molecule has 1 saturated carbocycles. The lowest BCUT2D eigenvalue weighted by Gasteiger charge is -2.38. The van der Waals surface area contributed by atoms with Crippen molar-refractivity contribution in [1.82, 2.24) is 5.32 Å². The molecule has 0 spiro atoms. The number of hydrogen-bond acceptors (Lipinski definition) is 3. The first kappa shape index (κ1) is 16.3. The molecular weight excluding hydrogens is 260 g/mol. The fraction of sp³-hybridized carbons (Fsp3) is 0.667. The van der Waals surface area contributed by atoms with E-state index in [4.69, 9.17) is 0 Å². The van der Waals surface area contributed by atoms with Gasteiger partial charge in [-0.05, 0) is 37.9 Å². The van der Waals surface area contributed by atoms with Gasteiger partial charge in [-0.1, -0.05) is 44.4 Å². The quantitative estimate of drug-likeness (QED) is 0.807. The molecule has 1 aromatic carbocycles. The molecule has 2 N–H and O–H groups in total. The van der Waals surface area contributed by atoms with Gasteiger partial charge in [0, 0.05) is 24.3 Å². The summed E-state index contributed by atoms with van der Waals surface area (Å²) >= 11 is 0. The predicted octanol–water partition coefficient (Wildman–Crippen LogP) is 3.49. The number of rotatable bonds is 7. The van der Waals surface area contributed by atoms with Gasteiger partial charge in [0.1, 0.15) is 0 Å². The summed E-state index contributed by atoms with van der Waals surface area (Å²) in [6, 6.07) is 9.66. The Morgan fingerprint density at radius 2 is 1.95 bits per heavy atom. The van der Waals surface area contributed by atoms with E-state index in [1.54, 1.807) is 0 Å². The molecule has 1 unspecified atom stereocenters. The third kappa shape index (κ3) is 3.98. The van der Waals surface area contributed by atoms with Gasteiger partial charge < -0.3 is 15.3 Å². The van der Waals surface area contributed by atoms with Crippen LogP contribution in [0.4, 0.5) is 5.69 Å². The minimum atomic E-state index is 0.223. The van der Waals surface area contributed by atoms with E-state index < -0.39 is 0 Å². The number of aliphatic hydroxyl groups is 1. The summed E-state index contributed by atoms with van der Waals surface area (Å²) in [4.78, 5) is 2.45. The Hall–Kier alpha value is -1.06. The Kier molecular flexibility index (Phi) is 6.52. The summed E-state index contributed by atoms with van der Waals surface area (Å²) in [6.45, 7) is 3.18. The maximum atomic E-state index is 9.52. The summed E-state index contributed by atoms with van der Waals surface area (Å²) in [7, 11) is 2.03. The lowest BCUT2D eigenvalue weighted by molar-refractivity contribution is 0.289. The van der Waals surface area contributed by atoms with Gasteiger partial charge in [-0.15, -0.1) is 0 Å². The Bertz CT molecular complexity index is 411. The van der Waals surface area contributed by atoms with Gasteiger partial charge in [0.2, 0.25) is 0 Å². The van der Waals surface area contributed by atoms with Crippen LogP contribution in [0.25, 0.3) is 0 Å². The molecule has 1 aliphatic carbocycles. The highest BCUT2D eigenvalue weighted by Crippen LogP contribution is 2.33. The highest BCUT2D eigenvalue weighted by Gasteiger charge is 2.24. The van der Waals surface area contributed by atoms with Crippen LogP contribution in [0.2, 0.25) is 0 Å². The summed E-state index contributed by atoms with van der Waals surface area (Å²) in [5.41, 5.74) is 2.67. The zero-order valence-corrected chi connectivity index (χ0v) is 13.5. The van der Waals surface area contributed by atoms with Gasteiger partial charge in [-0.3, -0.25) is 0 Å². The van der Waals surface area contributed by atoms with Crippen molar-refractivity contribution in [3.05, 3.63) is 29.8 Å². The molecule has 0 aromatic heterocycles. The molecule has 1 atom stereocenters. The zero-order chi connectivity index (χ0) is 15.1. The standard InChI is InChI=1S/C18H30N2O/c1-3-17(19-2)16-11-7-8-12-18(16)20(13-14-21)15-9-5-4-6-10-15/h7-8,11-12,15,17,19,21H,3-6,9-10,13-14H2,1-2H3. The van der Waals surface area contributed by atoms with Crippen LogP contribution in [0.3, 0.4) is 0 Å². The topological polar surface area (TPSA) is 35.5 Å². The van der Waals surface area contributed by atoms with Crippen molar-refractivity contribution in [1.29, 1.82) is 0 Å². The average molecular weight is 290 g/mol. The number of para-hydroxylation sites is 1. The molecule has 1 aromatic rings. The van der Waals surface area contributed by atoms with E-state index in [2.05, 4.69) is 41.4 Å². The van der Waals surface area contributed by atoms with E-state index in [1.807, 2.05) is 7.05 Å². The van der Waals surface area contributed by atoms with Crippen molar-refractivity contribution in [2.75, 3.05) is 25.1 Å². The van der Waals surface area contributed by atoms with E-state index in [0.717, 1.165) is 13.0 Å². The number of aliphatic hydroxyl groups excluding tert-OH is 1. The summed E-state index contributed by atoms with van der Waals surface area (Å²) in [5, 5.41) is 12.9. The van der Waals surface area contributed by atoms with Crippen LogP contribution in [-0.4, -0.2) is 31.3 Å². The van der Waals surface area contributed by atoms with Gasteiger partial charge in [-0.2, -0.15) is 0 Å². The van der Waals surface area contributed by atoms with E-state index in [1.165, 1.54) is 43.4 Å². The summed E-state index contributed by atoms with van der Waals surface area (Å²) < 4.78 is 0. The van der Waals surface area contributed by atoms with Gasteiger partial charge >= 0.3 is 0 Å². The van der Waals surface area contributed by atoms with E-state index in [-0.39, 0.29) is 6.61 Å². The first-order valence-corrected chi connectivity index (χ1v) is 8.45. The molecule has 3 heteroatoms. The predicted molar refractivity (Wildman–Crippen MR) is 89.8 cm³/mol. The second-order valence-electron chi connectivity index (χ2n) is 6.02. The highest BCUT2D eigenvalue weighted by molar-refractivity contribution is 5.56. The van der Waals surface area contributed by atoms with Crippen LogP contribution < -0.4 is 10.2 Å². The molecule has 1 fully saturated rings. The molecule has 0 saturated heterocycles. The van der Waals surface area contributed by atoms with Crippen molar-refractivity contribution < 1.29 is 5.11 Å². The number of nitrogens with one attached hydrogen (secondary N) is 1. The van der Waals surface area contributed by atoms with Crippen LogP contribution in [0.15, 0.2) is 24.3 Å². The maximum absolute atomic E-state index is 9.52. The largest absolute Gasteiger partial charge is 0.395 e. The molecule has 0 amide bonds. The first-order valence-electron chi connectivity index (χ1n) is 8.45. The maximum Gasteiger partial charge on any atom is 0.0606 e. The number of nitrogens with zero attached hydrogens (tertiary/aromatic N) is 1. The summed E-state index contributed by atoms with van der Waals surface area (Å²) in [6.07, 6.45) is 7.58. The molecule has 21 heavy (non-hydrogen) atoms. The Balaban J connectivity index is 2.30. The minimum Gasteiger partial charge on any atom is -0.395 e. The van der Waals surface area contributed by atoms with Crippen LogP contribution in [0.5, 0.6) is 0 Å². The van der Waals surface area contributed by atoms with Crippen LogP contribution in [0, 0.1) is 0 Å². The van der Waals surface area contributed by atoms with Gasteiger partial charge in [0.05, 0.1) is 6.61 Å². The van der Waals surface area contributed by atoms with Crippen molar-refractivity contribution in [2.24, 2.45) is 0 Å². The molecule has 2 rings (SSSR count). The van der Waals surface area contributed by atoms with Gasteiger partial charge in [0.15, 0.2) is 0 Å². The average Bonchev–Trinajstić information content (AvgIpc) is 2.55. The SMILES string of the molecule is CCC(NC)c1ccccc1N(CCO)C1CCCCC1. The number of anilines is 1. The fourth-order valence-electron chi connectivity index (χ4n) is 3.62. The van der Waals surface area contributed by atoms with E-state index in [9.17, 15) is 5.11 Å². The Morgan fingerprint density at radius 3 is 2.57 bits per heavy atom. The third-order valence-electron chi connectivity index (χ3n) is 4.73. The third-order valence-corrected chi connectivity index (χ3v) is 4.73. The normalized spacial score (nSPS) is 17.7. The molecule has 3 nitrogen and oxygen atoms in total. The Morgan fingerprint density at radius 1 is 1.24 bits per heavy atom. The first-order chi connectivity index (χ1) is 10.3. The van der Waals surface area contributed by atoms with Gasteiger partial charge in [-0.25, -0.2) is 0 Å². The fourth-order valence-corrected chi connectivity index (χ4v) is 3.62.